The van der Waals surface area contributed by atoms with Crippen LogP contribution in [0.2, 0.25) is 0 Å². The topological polar surface area (TPSA) is 77.1 Å². The van der Waals surface area contributed by atoms with E-state index in [1.54, 1.807) is 6.07 Å². The van der Waals surface area contributed by atoms with E-state index in [-0.39, 0.29) is 42.7 Å². The van der Waals surface area contributed by atoms with Crippen LogP contribution >= 0.6 is 0 Å². The van der Waals surface area contributed by atoms with Gasteiger partial charge in [0.25, 0.3) is 0 Å². The normalized spacial score (nSPS) is 21.5. The average Bonchev–Trinajstić information content (AvgIpc) is 3.51. The number of hydrogen-bond acceptors (Lipinski definition) is 5. The summed E-state index contributed by atoms with van der Waals surface area (Å²) in [5, 5.41) is 2.59. The number of rotatable bonds is 6. The number of benzene rings is 2. The Labute approximate surface area is 250 Å². The van der Waals surface area contributed by atoms with Gasteiger partial charge in [0.05, 0.1) is 23.6 Å². The van der Waals surface area contributed by atoms with Crippen molar-refractivity contribution in [3.8, 4) is 11.5 Å². The summed E-state index contributed by atoms with van der Waals surface area (Å²) in [5.41, 5.74) is -0.362. The van der Waals surface area contributed by atoms with Crippen molar-refractivity contribution in [3.63, 3.8) is 0 Å². The van der Waals surface area contributed by atoms with Crippen LogP contribution in [-0.4, -0.2) is 43.3 Å². The number of nitrogens with one attached hydrogen (secondary N) is 1. The fourth-order valence-corrected chi connectivity index (χ4v) is 6.07. The molecule has 0 spiro atoms. The second-order valence-corrected chi connectivity index (χ2v) is 12.2. The summed E-state index contributed by atoms with van der Waals surface area (Å²) in [6, 6.07) is 3.96. The van der Waals surface area contributed by atoms with Gasteiger partial charge >= 0.3 is 18.4 Å². The fourth-order valence-electron chi connectivity index (χ4n) is 6.07. The third-order valence-electron chi connectivity index (χ3n) is 8.36. The molecule has 2 atom stereocenters. The number of amides is 2. The number of hydrogen-bond donors (Lipinski definition) is 1. The van der Waals surface area contributed by atoms with Gasteiger partial charge in [0.2, 0.25) is 12.7 Å². The van der Waals surface area contributed by atoms with Crippen LogP contribution in [0.4, 0.5) is 31.1 Å². The molecule has 5 rings (SSSR count). The lowest BCUT2D eigenvalue weighted by molar-refractivity contribution is -0.143. The van der Waals surface area contributed by atoms with E-state index in [0.29, 0.717) is 47.6 Å². The van der Waals surface area contributed by atoms with Crippen molar-refractivity contribution in [3.05, 3.63) is 63.7 Å². The molecule has 3 aliphatic rings. The molecular formula is C31H32F6N2O5. The Hall–Kier alpha value is -3.90. The van der Waals surface area contributed by atoms with Gasteiger partial charge in [-0.05, 0) is 84.2 Å². The number of cyclic esters (lactones) is 1. The SMILES string of the molecule is CNC(=O)Cc1cc2c(c(C3=C(CN4C(=O)O[C@H](c5cc(C(F)(F)F)cc(C(F)(F)F)c5)[C@@H]4C)CC(C)(C)CC3)c1)OCO2. The van der Waals surface area contributed by atoms with Crippen LogP contribution in [0.5, 0.6) is 11.5 Å². The largest absolute Gasteiger partial charge is 0.454 e. The van der Waals surface area contributed by atoms with Crippen LogP contribution in [0.15, 0.2) is 35.9 Å². The third-order valence-corrected chi connectivity index (χ3v) is 8.36. The van der Waals surface area contributed by atoms with Crippen molar-refractivity contribution in [2.75, 3.05) is 20.4 Å². The third kappa shape index (κ3) is 6.32. The molecule has 0 aromatic heterocycles. The Kier molecular flexibility index (Phi) is 8.04. The molecule has 1 aliphatic carbocycles. The highest BCUT2D eigenvalue weighted by Crippen LogP contribution is 2.49. The highest BCUT2D eigenvalue weighted by Gasteiger charge is 2.44. The number of fused-ring (bicyclic) bond motifs is 1. The lowest BCUT2D eigenvalue weighted by atomic mass is 9.72. The first kappa shape index (κ1) is 31.5. The van der Waals surface area contributed by atoms with Crippen LogP contribution in [0.3, 0.4) is 0 Å². The van der Waals surface area contributed by atoms with E-state index < -0.39 is 41.7 Å². The Morgan fingerprint density at radius 1 is 1.02 bits per heavy atom. The number of halogens is 6. The van der Waals surface area contributed by atoms with Crippen LogP contribution in [-0.2, 0) is 28.3 Å². The standard InChI is InChI=1S/C31H32F6N2O5/c1-16-26(18-10-20(30(32,33)34)12-21(11-18)31(35,36)37)44-28(41)39(16)14-19-13-29(2,3)6-5-22(19)23-7-17(9-25(40)38-4)8-24-27(23)43-15-42-24/h7-8,10-12,16,26H,5-6,9,13-15H2,1-4H3,(H,38,40)/t16-,26-/m0/s1. The van der Waals surface area contributed by atoms with E-state index in [1.807, 2.05) is 6.07 Å². The van der Waals surface area contributed by atoms with Crippen molar-refractivity contribution < 1.29 is 50.1 Å². The quantitative estimate of drug-likeness (QED) is 0.341. The van der Waals surface area contributed by atoms with Gasteiger partial charge in [0, 0.05) is 19.2 Å². The first-order valence-corrected chi connectivity index (χ1v) is 14.1. The lowest BCUT2D eigenvalue weighted by Crippen LogP contribution is -2.35. The Morgan fingerprint density at radius 2 is 1.68 bits per heavy atom. The molecule has 2 aromatic rings. The second-order valence-electron chi connectivity index (χ2n) is 12.2. The first-order chi connectivity index (χ1) is 20.5. The predicted molar refractivity (Wildman–Crippen MR) is 147 cm³/mol. The molecule has 238 valence electrons. The zero-order chi connectivity index (χ0) is 32.2. The first-order valence-electron chi connectivity index (χ1n) is 14.1. The second kappa shape index (κ2) is 11.2. The van der Waals surface area contributed by atoms with Crippen molar-refractivity contribution in [1.29, 1.82) is 0 Å². The average molecular weight is 627 g/mol. The van der Waals surface area contributed by atoms with Crippen molar-refractivity contribution in [1.82, 2.24) is 10.2 Å². The van der Waals surface area contributed by atoms with E-state index in [4.69, 9.17) is 14.2 Å². The minimum Gasteiger partial charge on any atom is -0.454 e. The molecule has 0 unspecified atom stereocenters. The van der Waals surface area contributed by atoms with Gasteiger partial charge in [-0.2, -0.15) is 26.3 Å². The summed E-state index contributed by atoms with van der Waals surface area (Å²) in [4.78, 5) is 26.6. The number of nitrogens with zero attached hydrogens (tertiary/aromatic N) is 1. The van der Waals surface area contributed by atoms with Gasteiger partial charge in [-0.25, -0.2) is 4.79 Å². The zero-order valence-electron chi connectivity index (χ0n) is 24.5. The molecule has 1 N–H and O–H groups in total. The Balaban J connectivity index is 1.53. The van der Waals surface area contributed by atoms with Crippen molar-refractivity contribution in [2.45, 2.75) is 71.0 Å². The number of alkyl halides is 6. The molecule has 0 saturated carbocycles. The number of ether oxygens (including phenoxy) is 3. The van der Waals surface area contributed by atoms with Gasteiger partial charge < -0.3 is 19.5 Å². The van der Waals surface area contributed by atoms with Gasteiger partial charge in [-0.15, -0.1) is 0 Å². The van der Waals surface area contributed by atoms with Gasteiger partial charge in [0.1, 0.15) is 6.10 Å². The fraction of sp³-hybridized carbons (Fsp3) is 0.484. The van der Waals surface area contributed by atoms with Gasteiger partial charge in [-0.3, -0.25) is 9.69 Å². The molecule has 2 aromatic carbocycles. The number of carbonyl (C=O) groups is 2. The Morgan fingerprint density at radius 3 is 2.30 bits per heavy atom. The lowest BCUT2D eigenvalue weighted by Gasteiger charge is -2.35. The van der Waals surface area contributed by atoms with E-state index in [0.717, 1.165) is 17.6 Å². The van der Waals surface area contributed by atoms with E-state index >= 15 is 0 Å². The maximum Gasteiger partial charge on any atom is 0.416 e. The number of likely N-dealkylation sites (N-methyl/N-ethyl adjacent to an activating group) is 1. The number of carbonyl (C=O) groups excluding carboxylic acids is 2. The van der Waals surface area contributed by atoms with Crippen LogP contribution in [0.1, 0.15) is 74.0 Å². The maximum absolute atomic E-state index is 13.5. The molecule has 13 heteroatoms. The van der Waals surface area contributed by atoms with E-state index in [2.05, 4.69) is 19.2 Å². The Bertz CT molecular complexity index is 1480. The summed E-state index contributed by atoms with van der Waals surface area (Å²) in [6.07, 6.45) is -10.2. The van der Waals surface area contributed by atoms with E-state index in [1.165, 1.54) is 18.9 Å². The predicted octanol–water partition coefficient (Wildman–Crippen LogP) is 7.29. The highest BCUT2D eigenvalue weighted by molar-refractivity contribution is 5.82. The highest BCUT2D eigenvalue weighted by atomic mass is 19.4. The summed E-state index contributed by atoms with van der Waals surface area (Å²) in [7, 11) is 1.53. The van der Waals surface area contributed by atoms with Crippen LogP contribution in [0.25, 0.3) is 5.57 Å². The molecule has 1 saturated heterocycles. The van der Waals surface area contributed by atoms with Crippen molar-refractivity contribution in [2.24, 2.45) is 5.41 Å². The molecule has 44 heavy (non-hydrogen) atoms. The molecule has 0 bridgehead atoms. The molecule has 2 aliphatic heterocycles. The summed E-state index contributed by atoms with van der Waals surface area (Å²) in [6.45, 7) is 5.72. The smallest absolute Gasteiger partial charge is 0.416 e. The summed E-state index contributed by atoms with van der Waals surface area (Å²) in [5.74, 6) is 0.797. The molecule has 2 heterocycles. The monoisotopic (exact) mass is 626 g/mol. The van der Waals surface area contributed by atoms with E-state index in [9.17, 15) is 35.9 Å². The summed E-state index contributed by atoms with van der Waals surface area (Å²) < 4.78 is 98.1. The molecule has 0 radical (unpaired) electrons. The molecule has 1 fully saturated rings. The molecular weight excluding hydrogens is 594 g/mol. The maximum atomic E-state index is 13.5. The zero-order valence-corrected chi connectivity index (χ0v) is 24.5. The minimum atomic E-state index is -5.03. The summed E-state index contributed by atoms with van der Waals surface area (Å²) >= 11 is 0. The molecule has 2 amide bonds. The minimum absolute atomic E-state index is 0.00602. The number of allylic oxidation sites excluding steroid dienone is 1. The molecule has 7 nitrogen and oxygen atoms in total. The van der Waals surface area contributed by atoms with Crippen LogP contribution in [0, 0.1) is 5.41 Å². The van der Waals surface area contributed by atoms with Gasteiger partial charge in [0.15, 0.2) is 11.5 Å². The van der Waals surface area contributed by atoms with Crippen LogP contribution < -0.4 is 14.8 Å². The van der Waals surface area contributed by atoms with Crippen molar-refractivity contribution >= 4 is 17.6 Å². The van der Waals surface area contributed by atoms with Gasteiger partial charge in [-0.1, -0.05) is 13.8 Å².